The van der Waals surface area contributed by atoms with Crippen LogP contribution < -0.4 is 5.32 Å². The number of aromatic nitrogens is 3. The van der Waals surface area contributed by atoms with Gasteiger partial charge in [-0.1, -0.05) is 57.2 Å². The van der Waals surface area contributed by atoms with Crippen LogP contribution in [0.5, 0.6) is 0 Å². The van der Waals surface area contributed by atoms with Gasteiger partial charge >= 0.3 is 0 Å². The van der Waals surface area contributed by atoms with Gasteiger partial charge in [-0.3, -0.25) is 4.79 Å². The van der Waals surface area contributed by atoms with Crippen molar-refractivity contribution in [1.29, 1.82) is 5.26 Å². The molecule has 2 aromatic rings. The molecule has 1 amide bonds. The fourth-order valence-corrected chi connectivity index (χ4v) is 6.86. The summed E-state index contributed by atoms with van der Waals surface area (Å²) in [7, 11) is 1.99. The number of carbonyl (C=O) groups is 1. The third kappa shape index (κ3) is 5.15. The van der Waals surface area contributed by atoms with E-state index < -0.39 is 0 Å². The average Bonchev–Trinajstić information content (AvgIpc) is 3.31. The summed E-state index contributed by atoms with van der Waals surface area (Å²) in [5.41, 5.74) is 1.82. The van der Waals surface area contributed by atoms with E-state index >= 15 is 0 Å². The van der Waals surface area contributed by atoms with E-state index in [-0.39, 0.29) is 11.7 Å². The van der Waals surface area contributed by atoms with Gasteiger partial charge in [0.25, 0.3) is 0 Å². The molecule has 1 fully saturated rings. The second-order valence-electron chi connectivity index (χ2n) is 8.84. The number of carbonyl (C=O) groups excluding carboxylic acids is 1. The lowest BCUT2D eigenvalue weighted by molar-refractivity contribution is -0.113. The zero-order chi connectivity index (χ0) is 21.8. The average molecular weight is 458 g/mol. The minimum atomic E-state index is -0.0935. The lowest BCUT2D eigenvalue weighted by Gasteiger charge is -2.20. The molecule has 2 aliphatic rings. The SMILES string of the molecule is CCC1CCc2c(sc(NC(=O)CSc3nnc(CC4CCCCC4)n3C)c2C#N)C1. The van der Waals surface area contributed by atoms with Crippen LogP contribution in [0.4, 0.5) is 5.00 Å². The Hall–Kier alpha value is -1.85. The first-order valence-electron chi connectivity index (χ1n) is 11.4. The highest BCUT2D eigenvalue weighted by molar-refractivity contribution is 7.99. The van der Waals surface area contributed by atoms with Crippen molar-refractivity contribution < 1.29 is 4.79 Å². The van der Waals surface area contributed by atoms with Crippen LogP contribution in [-0.2, 0) is 31.1 Å². The quantitative estimate of drug-likeness (QED) is 0.584. The first-order valence-corrected chi connectivity index (χ1v) is 13.2. The lowest BCUT2D eigenvalue weighted by Crippen LogP contribution is -2.15. The van der Waals surface area contributed by atoms with Crippen molar-refractivity contribution in [3.63, 3.8) is 0 Å². The molecule has 0 saturated heterocycles. The van der Waals surface area contributed by atoms with Crippen LogP contribution in [0.2, 0.25) is 0 Å². The largest absolute Gasteiger partial charge is 0.316 e. The zero-order valence-electron chi connectivity index (χ0n) is 18.4. The van der Waals surface area contributed by atoms with Crippen LogP contribution >= 0.6 is 23.1 Å². The summed E-state index contributed by atoms with van der Waals surface area (Å²) in [6, 6.07) is 2.33. The van der Waals surface area contributed by atoms with Crippen molar-refractivity contribution in [2.75, 3.05) is 11.1 Å². The Kier molecular flexibility index (Phi) is 7.34. The smallest absolute Gasteiger partial charge is 0.235 e. The molecular formula is C23H31N5OS2. The molecule has 2 aromatic heterocycles. The number of nitrogens with one attached hydrogen (secondary N) is 1. The summed E-state index contributed by atoms with van der Waals surface area (Å²) in [6.45, 7) is 2.22. The molecule has 1 atom stereocenters. The van der Waals surface area contributed by atoms with Gasteiger partial charge in [-0.25, -0.2) is 0 Å². The topological polar surface area (TPSA) is 83.6 Å². The first kappa shape index (κ1) is 22.3. The Labute approximate surface area is 192 Å². The lowest BCUT2D eigenvalue weighted by atomic mass is 9.86. The summed E-state index contributed by atoms with van der Waals surface area (Å²) in [5.74, 6) is 2.58. The standard InChI is InChI=1S/C23H31N5OS2/c1-3-15-9-10-17-18(13-24)22(31-19(17)11-15)25-21(29)14-30-23-27-26-20(28(23)2)12-16-7-5-4-6-8-16/h15-16H,3-12,14H2,1-2H3,(H,25,29). The number of nitriles is 1. The summed E-state index contributed by atoms with van der Waals surface area (Å²) >= 11 is 2.99. The highest BCUT2D eigenvalue weighted by atomic mass is 32.2. The van der Waals surface area contributed by atoms with Gasteiger partial charge in [0.1, 0.15) is 16.9 Å². The minimum absolute atomic E-state index is 0.0935. The third-order valence-corrected chi connectivity index (χ3v) is 8.95. The maximum absolute atomic E-state index is 12.6. The van der Waals surface area contributed by atoms with E-state index in [0.717, 1.165) is 48.6 Å². The van der Waals surface area contributed by atoms with E-state index in [4.69, 9.17) is 0 Å². The molecule has 0 aromatic carbocycles. The van der Waals surface area contributed by atoms with Crippen molar-refractivity contribution in [2.45, 2.75) is 76.3 Å². The molecule has 6 nitrogen and oxygen atoms in total. The minimum Gasteiger partial charge on any atom is -0.316 e. The van der Waals surface area contributed by atoms with Gasteiger partial charge < -0.3 is 9.88 Å². The summed E-state index contributed by atoms with van der Waals surface area (Å²) in [6.07, 6.45) is 11.8. The molecule has 31 heavy (non-hydrogen) atoms. The van der Waals surface area contributed by atoms with Crippen molar-refractivity contribution in [3.8, 4) is 6.07 Å². The van der Waals surface area contributed by atoms with Crippen LogP contribution in [0.15, 0.2) is 5.16 Å². The Bertz CT molecular complexity index is 968. The third-order valence-electron chi connectivity index (χ3n) is 6.76. The fourth-order valence-electron chi connectivity index (χ4n) is 4.80. The first-order chi connectivity index (χ1) is 15.1. The number of amides is 1. The number of fused-ring (bicyclic) bond motifs is 1. The maximum Gasteiger partial charge on any atom is 0.235 e. The Morgan fingerprint density at radius 2 is 2.06 bits per heavy atom. The Balaban J connectivity index is 1.35. The van der Waals surface area contributed by atoms with Crippen molar-refractivity contribution in [3.05, 3.63) is 21.8 Å². The van der Waals surface area contributed by atoms with E-state index in [9.17, 15) is 10.1 Å². The Morgan fingerprint density at radius 1 is 1.26 bits per heavy atom. The van der Waals surface area contributed by atoms with Crippen molar-refractivity contribution in [2.24, 2.45) is 18.9 Å². The molecule has 1 N–H and O–H groups in total. The van der Waals surface area contributed by atoms with E-state index in [1.165, 1.54) is 48.7 Å². The number of anilines is 1. The van der Waals surface area contributed by atoms with Gasteiger partial charge in [0.15, 0.2) is 5.16 Å². The van der Waals surface area contributed by atoms with E-state index in [1.807, 2.05) is 11.6 Å². The van der Waals surface area contributed by atoms with E-state index in [0.29, 0.717) is 22.4 Å². The number of rotatable bonds is 7. The van der Waals surface area contributed by atoms with E-state index in [2.05, 4.69) is 28.5 Å². The molecule has 0 radical (unpaired) electrons. The molecule has 0 bridgehead atoms. The van der Waals surface area contributed by atoms with Crippen molar-refractivity contribution in [1.82, 2.24) is 14.8 Å². The Morgan fingerprint density at radius 3 is 2.81 bits per heavy atom. The van der Waals surface area contributed by atoms with Gasteiger partial charge in [-0.05, 0) is 36.7 Å². The van der Waals surface area contributed by atoms with Gasteiger partial charge in [-0.2, -0.15) is 5.26 Å². The molecule has 8 heteroatoms. The number of thiophene rings is 1. The normalized spacial score (nSPS) is 19.1. The van der Waals surface area contributed by atoms with Gasteiger partial charge in [0, 0.05) is 18.3 Å². The molecule has 0 aliphatic heterocycles. The molecular weight excluding hydrogens is 426 g/mol. The molecule has 2 heterocycles. The fraction of sp³-hybridized carbons (Fsp3) is 0.652. The second kappa shape index (κ2) is 10.2. The molecule has 1 unspecified atom stereocenters. The van der Waals surface area contributed by atoms with Gasteiger partial charge in [0.05, 0.1) is 11.3 Å². The highest BCUT2D eigenvalue weighted by Gasteiger charge is 2.26. The summed E-state index contributed by atoms with van der Waals surface area (Å²) in [4.78, 5) is 13.9. The number of hydrogen-bond acceptors (Lipinski definition) is 6. The van der Waals surface area contributed by atoms with Crippen LogP contribution in [0, 0.1) is 23.2 Å². The van der Waals surface area contributed by atoms with Crippen LogP contribution in [0.3, 0.4) is 0 Å². The summed E-state index contributed by atoms with van der Waals surface area (Å²) in [5, 5.41) is 22.8. The van der Waals surface area contributed by atoms with Crippen LogP contribution in [0.1, 0.15) is 73.7 Å². The molecule has 2 aliphatic carbocycles. The number of thioether (sulfide) groups is 1. The number of hydrogen-bond donors (Lipinski definition) is 1. The molecule has 4 rings (SSSR count). The molecule has 166 valence electrons. The van der Waals surface area contributed by atoms with Gasteiger partial charge in [-0.15, -0.1) is 21.5 Å². The predicted octanol–water partition coefficient (Wildman–Crippen LogP) is 5.12. The zero-order valence-corrected chi connectivity index (χ0v) is 20.1. The molecule has 1 saturated carbocycles. The van der Waals surface area contributed by atoms with E-state index in [1.54, 1.807) is 11.3 Å². The molecule has 0 spiro atoms. The second-order valence-corrected chi connectivity index (χ2v) is 10.9. The van der Waals surface area contributed by atoms with Crippen LogP contribution in [0.25, 0.3) is 0 Å². The summed E-state index contributed by atoms with van der Waals surface area (Å²) < 4.78 is 2.03. The van der Waals surface area contributed by atoms with Crippen molar-refractivity contribution >= 4 is 34.0 Å². The predicted molar refractivity (Wildman–Crippen MR) is 125 cm³/mol. The highest BCUT2D eigenvalue weighted by Crippen LogP contribution is 2.40. The number of nitrogens with zero attached hydrogens (tertiary/aromatic N) is 4. The monoisotopic (exact) mass is 457 g/mol. The maximum atomic E-state index is 12.6. The van der Waals surface area contributed by atoms with Gasteiger partial charge in [0.2, 0.25) is 5.91 Å². The van der Waals surface area contributed by atoms with Crippen LogP contribution in [-0.4, -0.2) is 26.4 Å².